The minimum atomic E-state index is -1.89. The fourth-order valence-electron chi connectivity index (χ4n) is 8.47. The maximum Gasteiger partial charge on any atom is 0.200 e. The minimum Gasteiger partial charge on any atom is -0.504 e. The number of ether oxygens (including phenoxy) is 5. The van der Waals surface area contributed by atoms with Gasteiger partial charge in [-0.3, -0.25) is 0 Å². The number of aliphatic hydroxyl groups excluding tert-OH is 5. The van der Waals surface area contributed by atoms with Crippen molar-refractivity contribution >= 4 is 0 Å². The number of nitrogens with one attached hydrogen (secondary N) is 1. The van der Waals surface area contributed by atoms with Gasteiger partial charge < -0.3 is 96.6 Å². The van der Waals surface area contributed by atoms with E-state index in [1.54, 1.807) is 27.7 Å². The molecule has 3 fully saturated rings. The van der Waals surface area contributed by atoms with Crippen LogP contribution in [0.15, 0.2) is 12.1 Å². The van der Waals surface area contributed by atoms with E-state index < -0.39 is 125 Å². The Hall–Kier alpha value is -2.02. The Morgan fingerprint density at radius 3 is 1.80 bits per heavy atom. The molecule has 19 nitrogen and oxygen atoms in total. The Morgan fingerprint density at radius 2 is 1.25 bits per heavy atom. The average Bonchev–Trinajstić information content (AvgIpc) is 3.11. The summed E-state index contributed by atoms with van der Waals surface area (Å²) in [5, 5.41) is 121. The van der Waals surface area contributed by atoms with Crippen LogP contribution in [0.4, 0.5) is 0 Å². The maximum atomic E-state index is 12.7. The Balaban J connectivity index is 1.66. The van der Waals surface area contributed by atoms with Crippen molar-refractivity contribution in [1.29, 1.82) is 0 Å². The highest BCUT2D eigenvalue weighted by Gasteiger charge is 2.65. The molecule has 16 N–H and O–H groups in total. The predicted octanol–water partition coefficient (Wildman–Crippen LogP) is -3.41. The number of phenolic OH excluding ortho intramolecular Hbond substituents is 3. The van der Waals surface area contributed by atoms with Gasteiger partial charge >= 0.3 is 0 Å². The lowest BCUT2D eigenvalue weighted by molar-refractivity contribution is -0.320. The van der Waals surface area contributed by atoms with E-state index in [-0.39, 0.29) is 38.5 Å². The van der Waals surface area contributed by atoms with Crippen LogP contribution in [0.25, 0.3) is 0 Å². The minimum absolute atomic E-state index is 0.141. The summed E-state index contributed by atoms with van der Waals surface area (Å²) in [6, 6.07) is -1.06. The number of rotatable bonds is 14. The fraction of sp³-hybridized carbons (Fsp3) is 0.833. The van der Waals surface area contributed by atoms with E-state index in [0.717, 1.165) is 0 Å². The van der Waals surface area contributed by atoms with Crippen LogP contribution < -0.4 is 16.8 Å². The maximum absolute atomic E-state index is 12.7. The van der Waals surface area contributed by atoms with E-state index in [9.17, 15) is 56.2 Å². The second-order valence-corrected chi connectivity index (χ2v) is 17.0. The fourth-order valence-corrected chi connectivity index (χ4v) is 8.47. The molecule has 19 heteroatoms. The summed E-state index contributed by atoms with van der Waals surface area (Å²) in [7, 11) is 0. The number of aliphatic hydroxyl groups is 8. The van der Waals surface area contributed by atoms with Gasteiger partial charge in [-0.05, 0) is 40.7 Å². The molecule has 3 saturated heterocycles. The number of hydrogen-bond acceptors (Lipinski definition) is 19. The largest absolute Gasteiger partial charge is 0.504 e. The predicted molar refractivity (Wildman–Crippen MR) is 192 cm³/mol. The second kappa shape index (κ2) is 16.0. The van der Waals surface area contributed by atoms with E-state index in [2.05, 4.69) is 5.32 Å². The molecule has 0 aromatic heterocycles. The molecule has 0 amide bonds. The highest BCUT2D eigenvalue weighted by Crippen LogP contribution is 2.50. The number of phenols is 3. The van der Waals surface area contributed by atoms with Crippen molar-refractivity contribution in [2.75, 3.05) is 46.2 Å². The Kier molecular flexibility index (Phi) is 13.3. The molecule has 0 bridgehead atoms. The summed E-state index contributed by atoms with van der Waals surface area (Å²) in [6.07, 6.45) is -6.50. The van der Waals surface area contributed by atoms with E-state index in [4.69, 9.17) is 35.2 Å². The summed E-state index contributed by atoms with van der Waals surface area (Å²) < 4.78 is 30.4. The van der Waals surface area contributed by atoms with Gasteiger partial charge in [0.1, 0.15) is 29.0 Å². The zero-order valence-electron chi connectivity index (χ0n) is 32.5. The first kappa shape index (κ1) is 45.7. The molecular weight excluding hydrogens is 730 g/mol. The third kappa shape index (κ3) is 7.69. The summed E-state index contributed by atoms with van der Waals surface area (Å²) in [6.45, 7) is 7.33. The van der Waals surface area contributed by atoms with Gasteiger partial charge in [0, 0.05) is 22.9 Å². The Morgan fingerprint density at radius 1 is 0.709 bits per heavy atom. The van der Waals surface area contributed by atoms with E-state index in [1.165, 1.54) is 32.9 Å². The standard InChI is InChI=1S/C36H63N3O16/c1-30(21(12-41)53-27(47)25(37)35(30,6)49)14-52-17-33(4)29(39-10-18-8-9-19(43)24(45)23(18)44)36(7,50)31(2,22(13-42)55-33)15-51-16-32(3)28(38)34(5,48)26(46)20(11-40)54-32/h8-9,20-22,25-29,39-50H,10-17,37-38H2,1-7H3/t20?,21?,22?,25?,26?,27?,28?,29?,30?,31?,32?,33?,34-,35+,36+/m1/s1. The topological polar surface area (TPSA) is 333 Å². The van der Waals surface area contributed by atoms with Crippen molar-refractivity contribution < 1.29 is 79.9 Å². The number of aromatic hydroxyl groups is 3. The molecule has 3 aliphatic heterocycles. The van der Waals surface area contributed by atoms with Crippen LogP contribution in [-0.4, -0.2) is 179 Å². The highest BCUT2D eigenvalue weighted by atomic mass is 16.6. The molecule has 3 aliphatic rings. The quantitative estimate of drug-likeness (QED) is 0.0816. The third-order valence-corrected chi connectivity index (χ3v) is 13.0. The third-order valence-electron chi connectivity index (χ3n) is 13.0. The normalized spacial score (nSPS) is 46.5. The van der Waals surface area contributed by atoms with Crippen molar-refractivity contribution in [3.05, 3.63) is 17.7 Å². The van der Waals surface area contributed by atoms with Gasteiger partial charge in [0.2, 0.25) is 5.75 Å². The zero-order chi connectivity index (χ0) is 41.7. The van der Waals surface area contributed by atoms with Gasteiger partial charge in [-0.15, -0.1) is 0 Å². The van der Waals surface area contributed by atoms with E-state index in [0.29, 0.717) is 0 Å². The van der Waals surface area contributed by atoms with Crippen molar-refractivity contribution in [2.24, 2.45) is 22.3 Å². The van der Waals surface area contributed by atoms with Crippen LogP contribution in [0.2, 0.25) is 0 Å². The van der Waals surface area contributed by atoms with Gasteiger partial charge in [0.15, 0.2) is 17.8 Å². The Bertz CT molecular complexity index is 1490. The molecule has 0 aliphatic carbocycles. The lowest BCUT2D eigenvalue weighted by Gasteiger charge is -2.61. The summed E-state index contributed by atoms with van der Waals surface area (Å²) >= 11 is 0. The zero-order valence-corrected chi connectivity index (χ0v) is 32.5. The lowest BCUT2D eigenvalue weighted by atomic mass is 9.61. The average molecular weight is 794 g/mol. The second-order valence-electron chi connectivity index (χ2n) is 17.0. The molecule has 318 valence electrons. The van der Waals surface area contributed by atoms with Gasteiger partial charge in [0.25, 0.3) is 0 Å². The number of benzene rings is 1. The molecule has 4 rings (SSSR count). The van der Waals surface area contributed by atoms with Crippen LogP contribution in [-0.2, 0) is 30.2 Å². The van der Waals surface area contributed by atoms with E-state index >= 15 is 0 Å². The monoisotopic (exact) mass is 793 g/mol. The molecule has 55 heavy (non-hydrogen) atoms. The molecular formula is C36H63N3O16. The smallest absolute Gasteiger partial charge is 0.200 e. The first-order valence-electron chi connectivity index (χ1n) is 18.3. The van der Waals surface area contributed by atoms with Crippen LogP contribution in [0.3, 0.4) is 0 Å². The van der Waals surface area contributed by atoms with Crippen molar-refractivity contribution in [1.82, 2.24) is 5.32 Å². The van der Waals surface area contributed by atoms with Crippen molar-refractivity contribution in [3.63, 3.8) is 0 Å². The Labute approximate surface area is 320 Å². The molecule has 1 aromatic carbocycles. The van der Waals surface area contributed by atoms with Crippen LogP contribution in [0, 0.1) is 10.8 Å². The van der Waals surface area contributed by atoms with Gasteiger partial charge in [-0.2, -0.15) is 0 Å². The summed E-state index contributed by atoms with van der Waals surface area (Å²) in [4.78, 5) is 0. The summed E-state index contributed by atoms with van der Waals surface area (Å²) in [5.74, 6) is -1.91. The molecule has 0 saturated carbocycles. The van der Waals surface area contributed by atoms with Crippen LogP contribution in [0.5, 0.6) is 17.2 Å². The van der Waals surface area contributed by atoms with Crippen LogP contribution in [0.1, 0.15) is 54.0 Å². The molecule has 3 heterocycles. The lowest BCUT2D eigenvalue weighted by Crippen LogP contribution is -2.78. The van der Waals surface area contributed by atoms with Crippen molar-refractivity contribution in [2.45, 2.75) is 132 Å². The first-order valence-corrected chi connectivity index (χ1v) is 18.3. The number of nitrogens with two attached hydrogens (primary N) is 2. The first-order chi connectivity index (χ1) is 25.3. The molecule has 0 spiro atoms. The number of hydrogen-bond donors (Lipinski definition) is 14. The van der Waals surface area contributed by atoms with Crippen LogP contribution >= 0.6 is 0 Å². The molecule has 12 unspecified atom stereocenters. The highest BCUT2D eigenvalue weighted by molar-refractivity contribution is 5.53. The van der Waals surface area contributed by atoms with Gasteiger partial charge in [0.05, 0.1) is 87.8 Å². The SMILES string of the molecule is CC1(COCC2(C)C(CO)OC(C)(COCC3(C)C(CO)OC(O)C(N)[C@]3(C)O)C(NCc3ccc(O)c(O)c3O)[C@]2(C)O)OC(CO)C(O)[C@@](C)(O)C1N. The van der Waals surface area contributed by atoms with Gasteiger partial charge in [-0.25, -0.2) is 0 Å². The molecule has 15 atom stereocenters. The van der Waals surface area contributed by atoms with Crippen molar-refractivity contribution in [3.8, 4) is 17.2 Å². The summed E-state index contributed by atoms with van der Waals surface area (Å²) in [5.41, 5.74) is 1.24. The molecule has 0 radical (unpaired) electrons. The molecule has 1 aromatic rings. The van der Waals surface area contributed by atoms with Gasteiger partial charge in [-0.1, -0.05) is 19.9 Å². The van der Waals surface area contributed by atoms with E-state index in [1.807, 2.05) is 0 Å².